The molecule has 0 unspecified atom stereocenters. The van der Waals surface area contributed by atoms with Gasteiger partial charge in [-0.05, 0) is 46.5 Å². The molecule has 0 aliphatic carbocycles. The van der Waals surface area contributed by atoms with E-state index in [-0.39, 0.29) is 0 Å². The molecule has 0 bridgehead atoms. The van der Waals surface area contributed by atoms with E-state index in [2.05, 4.69) is 86.0 Å². The zero-order chi connectivity index (χ0) is 18.2. The van der Waals surface area contributed by atoms with E-state index in [0.717, 1.165) is 11.5 Å². The standard InChI is InChI=1S/C24H22S2/c1-3-19-5-9-21(10-6-19)17-25-23-13-15-24(16-14-23)26-18-22-11-7-20(4-2)8-12-22/h3-16H,1-2,17-18H2. The van der Waals surface area contributed by atoms with Crippen LogP contribution in [-0.2, 0) is 11.5 Å². The first-order valence-electron chi connectivity index (χ1n) is 8.55. The van der Waals surface area contributed by atoms with Gasteiger partial charge in [-0.1, -0.05) is 73.8 Å². The minimum absolute atomic E-state index is 0.986. The van der Waals surface area contributed by atoms with Gasteiger partial charge in [0.2, 0.25) is 0 Å². The first-order chi connectivity index (χ1) is 12.8. The molecule has 0 atom stereocenters. The van der Waals surface area contributed by atoms with Gasteiger partial charge in [0.1, 0.15) is 0 Å². The summed E-state index contributed by atoms with van der Waals surface area (Å²) in [7, 11) is 0. The topological polar surface area (TPSA) is 0 Å². The maximum Gasteiger partial charge on any atom is 0.0232 e. The molecule has 0 aliphatic heterocycles. The molecule has 0 amide bonds. The zero-order valence-corrected chi connectivity index (χ0v) is 16.4. The van der Waals surface area contributed by atoms with Crippen LogP contribution in [0.2, 0.25) is 0 Å². The highest BCUT2D eigenvalue weighted by Crippen LogP contribution is 2.28. The smallest absolute Gasteiger partial charge is 0.0232 e. The van der Waals surface area contributed by atoms with Crippen LogP contribution in [0.4, 0.5) is 0 Å². The normalized spacial score (nSPS) is 10.5. The van der Waals surface area contributed by atoms with Crippen molar-refractivity contribution in [2.24, 2.45) is 0 Å². The molecule has 3 aromatic rings. The van der Waals surface area contributed by atoms with Crippen LogP contribution in [0.3, 0.4) is 0 Å². The van der Waals surface area contributed by atoms with E-state index in [0.29, 0.717) is 0 Å². The van der Waals surface area contributed by atoms with Crippen molar-refractivity contribution in [2.75, 3.05) is 0 Å². The minimum atomic E-state index is 0.986. The molecule has 3 aromatic carbocycles. The van der Waals surface area contributed by atoms with Gasteiger partial charge in [0.25, 0.3) is 0 Å². The highest BCUT2D eigenvalue weighted by atomic mass is 32.2. The van der Waals surface area contributed by atoms with Crippen molar-refractivity contribution in [1.29, 1.82) is 0 Å². The molecule has 3 rings (SSSR count). The van der Waals surface area contributed by atoms with Crippen LogP contribution in [0.1, 0.15) is 22.3 Å². The van der Waals surface area contributed by atoms with Crippen LogP contribution in [0.15, 0.2) is 95.7 Å². The third kappa shape index (κ3) is 5.42. The number of hydrogen-bond donors (Lipinski definition) is 0. The van der Waals surface area contributed by atoms with Crippen molar-refractivity contribution in [2.45, 2.75) is 21.3 Å². The Labute approximate surface area is 165 Å². The summed E-state index contributed by atoms with van der Waals surface area (Å²) in [6.07, 6.45) is 3.75. The van der Waals surface area contributed by atoms with Crippen LogP contribution in [0.5, 0.6) is 0 Å². The summed E-state index contributed by atoms with van der Waals surface area (Å²) >= 11 is 3.74. The van der Waals surface area contributed by atoms with E-state index >= 15 is 0 Å². The van der Waals surface area contributed by atoms with E-state index in [1.165, 1.54) is 32.0 Å². The second-order valence-corrected chi connectivity index (χ2v) is 8.04. The molecule has 0 nitrogen and oxygen atoms in total. The Balaban J connectivity index is 1.50. The van der Waals surface area contributed by atoms with Crippen LogP contribution in [-0.4, -0.2) is 0 Å². The zero-order valence-electron chi connectivity index (χ0n) is 14.7. The van der Waals surface area contributed by atoms with Crippen LogP contribution < -0.4 is 0 Å². The lowest BCUT2D eigenvalue weighted by atomic mass is 10.1. The third-order valence-electron chi connectivity index (χ3n) is 4.07. The maximum absolute atomic E-state index is 3.79. The largest absolute Gasteiger partial charge is 0.121 e. The molecule has 0 fully saturated rings. The Morgan fingerprint density at radius 3 is 1.19 bits per heavy atom. The lowest BCUT2D eigenvalue weighted by molar-refractivity contribution is 1.32. The van der Waals surface area contributed by atoms with E-state index < -0.39 is 0 Å². The van der Waals surface area contributed by atoms with Gasteiger partial charge in [-0.25, -0.2) is 0 Å². The van der Waals surface area contributed by atoms with E-state index in [9.17, 15) is 0 Å². The second-order valence-electron chi connectivity index (χ2n) is 5.94. The monoisotopic (exact) mass is 374 g/mol. The Kier molecular flexibility index (Phi) is 6.82. The first kappa shape index (κ1) is 18.6. The quantitative estimate of drug-likeness (QED) is 0.373. The van der Waals surface area contributed by atoms with Gasteiger partial charge in [-0.2, -0.15) is 0 Å². The molecule has 0 aromatic heterocycles. The van der Waals surface area contributed by atoms with Gasteiger partial charge in [-0.3, -0.25) is 0 Å². The molecular weight excluding hydrogens is 352 g/mol. The first-order valence-corrected chi connectivity index (χ1v) is 10.5. The van der Waals surface area contributed by atoms with Gasteiger partial charge in [0.05, 0.1) is 0 Å². The van der Waals surface area contributed by atoms with Crippen molar-refractivity contribution < 1.29 is 0 Å². The number of hydrogen-bond acceptors (Lipinski definition) is 2. The second kappa shape index (κ2) is 9.51. The van der Waals surface area contributed by atoms with Crippen LogP contribution in [0, 0.1) is 0 Å². The Morgan fingerprint density at radius 2 is 0.885 bits per heavy atom. The summed E-state index contributed by atoms with van der Waals surface area (Å²) in [5, 5.41) is 0. The fourth-order valence-electron chi connectivity index (χ4n) is 2.47. The highest BCUT2D eigenvalue weighted by molar-refractivity contribution is 7.99. The SMILES string of the molecule is C=Cc1ccc(CSc2ccc(SCc3ccc(C=C)cc3)cc2)cc1. The van der Waals surface area contributed by atoms with Crippen molar-refractivity contribution in [3.8, 4) is 0 Å². The summed E-state index contributed by atoms with van der Waals surface area (Å²) in [6, 6.07) is 26.0. The molecule has 0 heterocycles. The van der Waals surface area contributed by atoms with Crippen molar-refractivity contribution in [3.63, 3.8) is 0 Å². The summed E-state index contributed by atoms with van der Waals surface area (Å²) in [6.45, 7) is 7.59. The highest BCUT2D eigenvalue weighted by Gasteiger charge is 2.00. The number of benzene rings is 3. The van der Waals surface area contributed by atoms with Crippen molar-refractivity contribution in [3.05, 3.63) is 108 Å². The Bertz CT molecular complexity index is 770. The molecule has 0 N–H and O–H groups in total. The minimum Gasteiger partial charge on any atom is -0.121 e. The van der Waals surface area contributed by atoms with E-state index in [4.69, 9.17) is 0 Å². The summed E-state index contributed by atoms with van der Waals surface area (Å²) in [5.74, 6) is 1.97. The lowest BCUT2D eigenvalue weighted by Crippen LogP contribution is -1.83. The fraction of sp³-hybridized carbons (Fsp3) is 0.0833. The van der Waals surface area contributed by atoms with Crippen LogP contribution >= 0.6 is 23.5 Å². The molecule has 130 valence electrons. The van der Waals surface area contributed by atoms with Crippen LogP contribution in [0.25, 0.3) is 12.2 Å². The Morgan fingerprint density at radius 1 is 0.538 bits per heavy atom. The number of thioether (sulfide) groups is 2. The summed E-state index contributed by atoms with van der Waals surface area (Å²) < 4.78 is 0. The molecule has 0 saturated carbocycles. The number of rotatable bonds is 8. The fourth-order valence-corrected chi connectivity index (χ4v) is 4.17. The molecule has 0 saturated heterocycles. The summed E-state index contributed by atoms with van der Waals surface area (Å²) in [5.41, 5.74) is 5.00. The van der Waals surface area contributed by atoms with E-state index in [1.54, 1.807) is 0 Å². The lowest BCUT2D eigenvalue weighted by Gasteiger charge is -2.06. The van der Waals surface area contributed by atoms with Crippen molar-refractivity contribution >= 4 is 35.7 Å². The average molecular weight is 375 g/mol. The van der Waals surface area contributed by atoms with Gasteiger partial charge < -0.3 is 0 Å². The molecule has 0 aliphatic rings. The maximum atomic E-state index is 3.79. The third-order valence-corrected chi connectivity index (χ3v) is 6.23. The molecule has 26 heavy (non-hydrogen) atoms. The molecule has 2 heteroatoms. The van der Waals surface area contributed by atoms with Gasteiger partial charge in [-0.15, -0.1) is 23.5 Å². The average Bonchev–Trinajstić information content (AvgIpc) is 2.72. The van der Waals surface area contributed by atoms with Crippen molar-refractivity contribution in [1.82, 2.24) is 0 Å². The predicted octanol–water partition coefficient (Wildman–Crippen LogP) is 7.56. The Hall–Kier alpha value is -2.16. The van der Waals surface area contributed by atoms with E-state index in [1.807, 2.05) is 35.7 Å². The molecule has 0 radical (unpaired) electrons. The summed E-state index contributed by atoms with van der Waals surface area (Å²) in [4.78, 5) is 2.61. The van der Waals surface area contributed by atoms with Gasteiger partial charge in [0.15, 0.2) is 0 Å². The molecule has 0 spiro atoms. The van der Waals surface area contributed by atoms with Gasteiger partial charge in [0, 0.05) is 21.3 Å². The predicted molar refractivity (Wildman–Crippen MR) is 119 cm³/mol. The van der Waals surface area contributed by atoms with Gasteiger partial charge >= 0.3 is 0 Å². The molecular formula is C24H22S2.